The quantitative estimate of drug-likeness (QED) is 0.761. The maximum Gasteiger partial charge on any atom is 0.335 e. The normalized spacial score (nSPS) is 11.9. The van der Waals surface area contributed by atoms with Crippen LogP contribution in [-0.4, -0.2) is 36.7 Å². The van der Waals surface area contributed by atoms with Crippen molar-refractivity contribution in [3.8, 4) is 0 Å². The lowest BCUT2D eigenvalue weighted by molar-refractivity contribution is -0.122. The van der Waals surface area contributed by atoms with E-state index in [4.69, 9.17) is 9.84 Å². The number of carbonyl (C=O) groups excluding carboxylic acids is 1. The molecule has 1 aromatic carbocycles. The molecule has 0 aliphatic carbocycles. The predicted octanol–water partition coefficient (Wildman–Crippen LogP) is 1.86. The largest absolute Gasteiger partial charge is 0.478 e. The maximum absolute atomic E-state index is 11.8. The van der Waals surface area contributed by atoms with Crippen molar-refractivity contribution in [1.82, 2.24) is 5.32 Å². The van der Waals surface area contributed by atoms with Crippen LogP contribution in [0.4, 0.5) is 0 Å². The second-order valence-corrected chi connectivity index (χ2v) is 4.63. The van der Waals surface area contributed by atoms with Gasteiger partial charge in [-0.15, -0.1) is 0 Å². The second-order valence-electron chi connectivity index (χ2n) is 4.63. The molecule has 0 saturated carbocycles. The van der Waals surface area contributed by atoms with E-state index >= 15 is 0 Å². The van der Waals surface area contributed by atoms with Gasteiger partial charge in [0.25, 0.3) is 0 Å². The van der Waals surface area contributed by atoms with Gasteiger partial charge in [-0.3, -0.25) is 4.79 Å². The summed E-state index contributed by atoms with van der Waals surface area (Å²) in [6, 6.07) is 6.62. The molecule has 20 heavy (non-hydrogen) atoms. The number of methoxy groups -OCH3 is 1. The molecule has 0 aliphatic rings. The van der Waals surface area contributed by atoms with Crippen LogP contribution in [-0.2, 0) is 16.0 Å². The fourth-order valence-electron chi connectivity index (χ4n) is 1.83. The van der Waals surface area contributed by atoms with Gasteiger partial charge in [0.05, 0.1) is 18.2 Å². The molecule has 2 N–H and O–H groups in total. The molecule has 110 valence electrons. The van der Waals surface area contributed by atoms with Crippen LogP contribution in [0.5, 0.6) is 0 Å². The maximum atomic E-state index is 11.8. The Hall–Kier alpha value is -1.88. The van der Waals surface area contributed by atoms with Crippen molar-refractivity contribution >= 4 is 11.9 Å². The Bertz CT molecular complexity index is 442. The molecular formula is C15H21NO4. The van der Waals surface area contributed by atoms with Gasteiger partial charge in [0.15, 0.2) is 0 Å². The number of rotatable bonds is 8. The zero-order valence-electron chi connectivity index (χ0n) is 11.9. The van der Waals surface area contributed by atoms with E-state index in [9.17, 15) is 9.59 Å². The van der Waals surface area contributed by atoms with Gasteiger partial charge in [-0.05, 0) is 30.5 Å². The van der Waals surface area contributed by atoms with E-state index in [0.29, 0.717) is 19.4 Å². The lowest BCUT2D eigenvalue weighted by Crippen LogP contribution is -2.37. The molecule has 1 amide bonds. The van der Waals surface area contributed by atoms with Crippen molar-refractivity contribution in [3.05, 3.63) is 35.4 Å². The standard InChI is InChI=1S/C15H21NO4/c1-3-13(10-20-2)16-14(17)9-6-11-4-7-12(8-5-11)15(18)19/h4-5,7-8,13H,3,6,9-10H2,1-2H3,(H,16,17)(H,18,19). The minimum atomic E-state index is -0.945. The third-order valence-corrected chi connectivity index (χ3v) is 3.07. The van der Waals surface area contributed by atoms with E-state index in [2.05, 4.69) is 5.32 Å². The predicted molar refractivity (Wildman–Crippen MR) is 75.8 cm³/mol. The molecule has 0 aliphatic heterocycles. The molecule has 1 rings (SSSR count). The van der Waals surface area contributed by atoms with E-state index in [0.717, 1.165) is 12.0 Å². The van der Waals surface area contributed by atoms with E-state index in [1.54, 1.807) is 31.4 Å². The Morgan fingerprint density at radius 3 is 2.45 bits per heavy atom. The Balaban J connectivity index is 2.42. The van der Waals surface area contributed by atoms with E-state index in [1.807, 2.05) is 6.92 Å². The first-order chi connectivity index (χ1) is 9.56. The molecule has 1 aromatic rings. The summed E-state index contributed by atoms with van der Waals surface area (Å²) in [6.45, 7) is 2.50. The highest BCUT2D eigenvalue weighted by atomic mass is 16.5. The molecule has 1 atom stereocenters. The molecule has 5 heteroatoms. The topological polar surface area (TPSA) is 75.6 Å². The zero-order chi connectivity index (χ0) is 15.0. The minimum Gasteiger partial charge on any atom is -0.478 e. The molecule has 0 heterocycles. The molecule has 0 spiro atoms. The highest BCUT2D eigenvalue weighted by molar-refractivity contribution is 5.87. The van der Waals surface area contributed by atoms with Gasteiger partial charge in [0.1, 0.15) is 0 Å². The summed E-state index contributed by atoms with van der Waals surface area (Å²) in [7, 11) is 1.61. The number of carboxylic acid groups (broad SMARTS) is 1. The number of amides is 1. The van der Waals surface area contributed by atoms with Gasteiger partial charge < -0.3 is 15.2 Å². The number of hydrogen-bond acceptors (Lipinski definition) is 3. The third-order valence-electron chi connectivity index (χ3n) is 3.07. The molecule has 1 unspecified atom stereocenters. The monoisotopic (exact) mass is 279 g/mol. The van der Waals surface area contributed by atoms with Crippen molar-refractivity contribution < 1.29 is 19.4 Å². The van der Waals surface area contributed by atoms with Gasteiger partial charge in [-0.1, -0.05) is 19.1 Å². The van der Waals surface area contributed by atoms with Crippen LogP contribution in [0.2, 0.25) is 0 Å². The third kappa shape index (κ3) is 5.40. The second kappa shape index (κ2) is 8.32. The van der Waals surface area contributed by atoms with Crippen LogP contribution in [0.25, 0.3) is 0 Å². The highest BCUT2D eigenvalue weighted by Crippen LogP contribution is 2.07. The number of ether oxygens (including phenoxy) is 1. The fraction of sp³-hybridized carbons (Fsp3) is 0.467. The van der Waals surface area contributed by atoms with Crippen molar-refractivity contribution in [2.75, 3.05) is 13.7 Å². The van der Waals surface area contributed by atoms with Gasteiger partial charge in [0, 0.05) is 13.5 Å². The van der Waals surface area contributed by atoms with Crippen LogP contribution in [0.1, 0.15) is 35.7 Å². The smallest absolute Gasteiger partial charge is 0.335 e. The van der Waals surface area contributed by atoms with Crippen LogP contribution >= 0.6 is 0 Å². The van der Waals surface area contributed by atoms with Crippen LogP contribution in [0, 0.1) is 0 Å². The van der Waals surface area contributed by atoms with Crippen molar-refractivity contribution in [2.45, 2.75) is 32.2 Å². The summed E-state index contributed by atoms with van der Waals surface area (Å²) in [6.07, 6.45) is 1.80. The first-order valence-electron chi connectivity index (χ1n) is 6.67. The van der Waals surface area contributed by atoms with Crippen LogP contribution in [0.3, 0.4) is 0 Å². The summed E-state index contributed by atoms with van der Waals surface area (Å²) in [4.78, 5) is 22.5. The molecule has 0 aromatic heterocycles. The lowest BCUT2D eigenvalue weighted by atomic mass is 10.1. The first kappa shape index (κ1) is 16.2. The Labute approximate surface area is 118 Å². The first-order valence-corrected chi connectivity index (χ1v) is 6.67. The number of benzene rings is 1. The Morgan fingerprint density at radius 1 is 1.30 bits per heavy atom. The SMILES string of the molecule is CCC(COC)NC(=O)CCc1ccc(C(=O)O)cc1. The summed E-state index contributed by atoms with van der Waals surface area (Å²) in [5.41, 5.74) is 1.20. The highest BCUT2D eigenvalue weighted by Gasteiger charge is 2.10. The molecule has 5 nitrogen and oxygen atoms in total. The minimum absolute atomic E-state index is 0.0174. The van der Waals surface area contributed by atoms with E-state index in [-0.39, 0.29) is 17.5 Å². The van der Waals surface area contributed by atoms with E-state index < -0.39 is 5.97 Å². The summed E-state index contributed by atoms with van der Waals surface area (Å²) < 4.78 is 5.02. The average molecular weight is 279 g/mol. The summed E-state index contributed by atoms with van der Waals surface area (Å²) >= 11 is 0. The summed E-state index contributed by atoms with van der Waals surface area (Å²) in [5, 5.41) is 11.7. The summed E-state index contributed by atoms with van der Waals surface area (Å²) in [5.74, 6) is -0.962. The molecule has 0 fully saturated rings. The number of aromatic carboxylic acids is 1. The van der Waals surface area contributed by atoms with Gasteiger partial charge >= 0.3 is 5.97 Å². The van der Waals surface area contributed by atoms with Crippen molar-refractivity contribution in [3.63, 3.8) is 0 Å². The number of carbonyl (C=O) groups is 2. The van der Waals surface area contributed by atoms with Crippen molar-refractivity contribution in [1.29, 1.82) is 0 Å². The van der Waals surface area contributed by atoms with Crippen LogP contribution in [0.15, 0.2) is 24.3 Å². The Kier molecular flexibility index (Phi) is 6.73. The molecular weight excluding hydrogens is 258 g/mol. The van der Waals surface area contributed by atoms with Crippen LogP contribution < -0.4 is 5.32 Å². The van der Waals surface area contributed by atoms with Crippen molar-refractivity contribution in [2.24, 2.45) is 0 Å². The lowest BCUT2D eigenvalue weighted by Gasteiger charge is -2.15. The average Bonchev–Trinajstić information content (AvgIpc) is 2.45. The molecule has 0 bridgehead atoms. The number of aryl methyl sites for hydroxylation is 1. The number of carboxylic acids is 1. The fourth-order valence-corrected chi connectivity index (χ4v) is 1.83. The van der Waals surface area contributed by atoms with Gasteiger partial charge in [0.2, 0.25) is 5.91 Å². The zero-order valence-corrected chi connectivity index (χ0v) is 11.9. The molecule has 0 saturated heterocycles. The Morgan fingerprint density at radius 2 is 1.95 bits per heavy atom. The van der Waals surface area contributed by atoms with Gasteiger partial charge in [-0.25, -0.2) is 4.79 Å². The number of hydrogen-bond donors (Lipinski definition) is 2. The van der Waals surface area contributed by atoms with E-state index in [1.165, 1.54) is 0 Å². The molecule has 0 radical (unpaired) electrons. The van der Waals surface area contributed by atoms with Gasteiger partial charge in [-0.2, -0.15) is 0 Å². The number of nitrogens with one attached hydrogen (secondary N) is 1.